The number of nitrogens with zero attached hydrogens (tertiary/aromatic N) is 5. The van der Waals surface area contributed by atoms with Crippen molar-refractivity contribution in [3.05, 3.63) is 22.6 Å². The molecule has 0 spiro atoms. The van der Waals surface area contributed by atoms with E-state index < -0.39 is 0 Å². The summed E-state index contributed by atoms with van der Waals surface area (Å²) in [4.78, 5) is 26.5. The van der Waals surface area contributed by atoms with Crippen LogP contribution in [0.3, 0.4) is 0 Å². The van der Waals surface area contributed by atoms with Crippen molar-refractivity contribution in [1.29, 1.82) is 0 Å². The maximum Gasteiger partial charge on any atom is 0.290 e. The SMILES string of the molecule is CCN(CC)CCCNC(=O)c1nc2c3c4c(sc3ncn2n1)CC[C@@H](C)C4. The van der Waals surface area contributed by atoms with Crippen LogP contribution in [0.15, 0.2) is 6.33 Å². The lowest BCUT2D eigenvalue weighted by Gasteiger charge is -2.17. The Kier molecular flexibility index (Phi) is 5.59. The number of amides is 1. The summed E-state index contributed by atoms with van der Waals surface area (Å²) in [5.74, 6) is 0.678. The van der Waals surface area contributed by atoms with Crippen LogP contribution in [-0.4, -0.2) is 56.6 Å². The summed E-state index contributed by atoms with van der Waals surface area (Å²) in [6, 6.07) is 0. The maximum atomic E-state index is 12.5. The molecular formula is C20H28N6OS. The third-order valence-corrected chi connectivity index (χ3v) is 6.86. The Morgan fingerprint density at radius 1 is 1.39 bits per heavy atom. The minimum Gasteiger partial charge on any atom is -0.349 e. The number of carbonyl (C=O) groups excluding carboxylic acids is 1. The van der Waals surface area contributed by atoms with Gasteiger partial charge in [-0.3, -0.25) is 4.79 Å². The predicted octanol–water partition coefficient (Wildman–Crippen LogP) is 2.93. The molecule has 0 aromatic carbocycles. The van der Waals surface area contributed by atoms with Crippen LogP contribution < -0.4 is 5.32 Å². The van der Waals surface area contributed by atoms with Gasteiger partial charge in [-0.25, -0.2) is 14.5 Å². The van der Waals surface area contributed by atoms with E-state index in [-0.39, 0.29) is 11.7 Å². The quantitative estimate of drug-likeness (QED) is 0.617. The number of carbonyl (C=O) groups is 1. The minimum atomic E-state index is -0.214. The lowest BCUT2D eigenvalue weighted by Crippen LogP contribution is -2.30. The average Bonchev–Trinajstić information content (AvgIpc) is 3.28. The first-order valence-corrected chi connectivity index (χ1v) is 11.1. The molecule has 1 aliphatic rings. The molecule has 0 saturated heterocycles. The Labute approximate surface area is 169 Å². The van der Waals surface area contributed by atoms with Crippen LogP contribution in [0.1, 0.15) is 54.7 Å². The highest BCUT2D eigenvalue weighted by Crippen LogP contribution is 2.38. The summed E-state index contributed by atoms with van der Waals surface area (Å²) in [6.45, 7) is 10.3. The number of hydrogen-bond acceptors (Lipinski definition) is 6. The molecule has 0 bridgehead atoms. The van der Waals surface area contributed by atoms with E-state index in [1.54, 1.807) is 22.2 Å². The van der Waals surface area contributed by atoms with Crippen LogP contribution in [0.5, 0.6) is 0 Å². The molecule has 0 fully saturated rings. The van der Waals surface area contributed by atoms with E-state index in [2.05, 4.69) is 46.1 Å². The Hall–Kier alpha value is -2.06. The van der Waals surface area contributed by atoms with Crippen molar-refractivity contribution in [2.75, 3.05) is 26.2 Å². The van der Waals surface area contributed by atoms with E-state index >= 15 is 0 Å². The number of hydrogen-bond donors (Lipinski definition) is 1. The minimum absolute atomic E-state index is 0.214. The Morgan fingerprint density at radius 2 is 2.21 bits per heavy atom. The second kappa shape index (κ2) is 8.13. The van der Waals surface area contributed by atoms with Gasteiger partial charge < -0.3 is 10.2 Å². The van der Waals surface area contributed by atoms with Gasteiger partial charge in [0.25, 0.3) is 5.91 Å². The molecule has 150 valence electrons. The van der Waals surface area contributed by atoms with Crippen LogP contribution in [0, 0.1) is 5.92 Å². The van der Waals surface area contributed by atoms with Gasteiger partial charge in [-0.05, 0) is 56.8 Å². The zero-order valence-electron chi connectivity index (χ0n) is 16.9. The molecule has 3 aromatic heterocycles. The van der Waals surface area contributed by atoms with Crippen molar-refractivity contribution >= 4 is 33.1 Å². The van der Waals surface area contributed by atoms with Crippen molar-refractivity contribution in [2.45, 2.75) is 46.5 Å². The lowest BCUT2D eigenvalue weighted by atomic mass is 9.89. The molecule has 0 radical (unpaired) electrons. The normalized spacial score (nSPS) is 16.8. The van der Waals surface area contributed by atoms with Crippen molar-refractivity contribution in [1.82, 2.24) is 29.8 Å². The molecule has 1 atom stereocenters. The van der Waals surface area contributed by atoms with Gasteiger partial charge in [0.2, 0.25) is 5.82 Å². The monoisotopic (exact) mass is 400 g/mol. The summed E-state index contributed by atoms with van der Waals surface area (Å²) in [7, 11) is 0. The van der Waals surface area contributed by atoms with Crippen molar-refractivity contribution in [3.63, 3.8) is 0 Å². The lowest BCUT2D eigenvalue weighted by molar-refractivity contribution is 0.0941. The van der Waals surface area contributed by atoms with Gasteiger partial charge in [0, 0.05) is 11.4 Å². The Morgan fingerprint density at radius 3 is 3.00 bits per heavy atom. The first kappa shape index (κ1) is 19.3. The van der Waals surface area contributed by atoms with E-state index in [1.165, 1.54) is 16.9 Å². The molecule has 3 aromatic rings. The number of thiophene rings is 1. The summed E-state index contributed by atoms with van der Waals surface area (Å²) in [5, 5.41) is 8.42. The van der Waals surface area contributed by atoms with Crippen LogP contribution in [0.2, 0.25) is 0 Å². The highest BCUT2D eigenvalue weighted by Gasteiger charge is 2.24. The summed E-state index contributed by atoms with van der Waals surface area (Å²) in [6.07, 6.45) is 5.98. The topological polar surface area (TPSA) is 75.4 Å². The summed E-state index contributed by atoms with van der Waals surface area (Å²) >= 11 is 1.76. The van der Waals surface area contributed by atoms with E-state index in [0.717, 1.165) is 54.8 Å². The summed E-state index contributed by atoms with van der Waals surface area (Å²) in [5.41, 5.74) is 2.11. The predicted molar refractivity (Wildman–Crippen MR) is 112 cm³/mol. The zero-order chi connectivity index (χ0) is 19.7. The van der Waals surface area contributed by atoms with Gasteiger partial charge in [0.1, 0.15) is 11.2 Å². The fourth-order valence-electron chi connectivity index (χ4n) is 3.97. The average molecular weight is 401 g/mol. The fraction of sp³-hybridized carbons (Fsp3) is 0.600. The van der Waals surface area contributed by atoms with Crippen LogP contribution in [-0.2, 0) is 12.8 Å². The molecular weight excluding hydrogens is 372 g/mol. The smallest absolute Gasteiger partial charge is 0.290 e. The number of fused-ring (bicyclic) bond motifs is 5. The first-order valence-electron chi connectivity index (χ1n) is 10.3. The molecule has 0 saturated carbocycles. The number of rotatable bonds is 7. The van der Waals surface area contributed by atoms with Crippen LogP contribution >= 0.6 is 11.3 Å². The molecule has 0 unspecified atom stereocenters. The first-order chi connectivity index (χ1) is 13.6. The molecule has 0 aliphatic heterocycles. The molecule has 1 aliphatic carbocycles. The number of aromatic nitrogens is 4. The van der Waals surface area contributed by atoms with Crippen molar-refractivity contribution < 1.29 is 4.79 Å². The van der Waals surface area contributed by atoms with E-state index in [9.17, 15) is 4.79 Å². The number of aryl methyl sites for hydroxylation is 1. The van der Waals surface area contributed by atoms with E-state index in [1.807, 2.05) is 0 Å². The van der Waals surface area contributed by atoms with E-state index in [0.29, 0.717) is 12.5 Å². The maximum absolute atomic E-state index is 12.5. The van der Waals surface area contributed by atoms with Crippen molar-refractivity contribution in [2.24, 2.45) is 5.92 Å². The Balaban J connectivity index is 1.53. The molecule has 4 rings (SSSR count). The standard InChI is InChI=1S/C20H28N6OS/c1-4-25(5-2)10-6-9-21-19(27)17-23-18-16-14-11-13(3)7-8-15(14)28-20(16)22-12-26(18)24-17/h12-13H,4-11H2,1-3H3,(H,21,27)/t13-/m1/s1. The molecule has 3 heterocycles. The summed E-state index contributed by atoms with van der Waals surface area (Å²) < 4.78 is 1.65. The van der Waals surface area contributed by atoms with Gasteiger partial charge >= 0.3 is 0 Å². The second-order valence-corrected chi connectivity index (χ2v) is 8.70. The molecule has 7 nitrogen and oxygen atoms in total. The Bertz CT molecular complexity index is 990. The number of nitrogens with one attached hydrogen (secondary N) is 1. The molecule has 1 amide bonds. The van der Waals surface area contributed by atoms with Gasteiger partial charge in [0.15, 0.2) is 5.65 Å². The highest BCUT2D eigenvalue weighted by atomic mass is 32.1. The zero-order valence-corrected chi connectivity index (χ0v) is 17.7. The molecule has 8 heteroatoms. The van der Waals surface area contributed by atoms with Crippen LogP contribution in [0.4, 0.5) is 0 Å². The molecule has 1 N–H and O–H groups in total. The third kappa shape index (κ3) is 3.63. The van der Waals surface area contributed by atoms with Crippen molar-refractivity contribution in [3.8, 4) is 0 Å². The second-order valence-electron chi connectivity index (χ2n) is 7.62. The van der Waals surface area contributed by atoms with Crippen LogP contribution in [0.25, 0.3) is 15.9 Å². The van der Waals surface area contributed by atoms with Gasteiger partial charge in [0.05, 0.1) is 5.39 Å². The van der Waals surface area contributed by atoms with Gasteiger partial charge in [-0.1, -0.05) is 20.8 Å². The van der Waals surface area contributed by atoms with E-state index in [4.69, 9.17) is 0 Å². The van der Waals surface area contributed by atoms with Gasteiger partial charge in [-0.2, -0.15) is 0 Å². The fourth-order valence-corrected chi connectivity index (χ4v) is 5.14. The van der Waals surface area contributed by atoms with Gasteiger partial charge in [-0.15, -0.1) is 16.4 Å². The molecule has 28 heavy (non-hydrogen) atoms. The third-order valence-electron chi connectivity index (χ3n) is 5.66. The largest absolute Gasteiger partial charge is 0.349 e. The highest BCUT2D eigenvalue weighted by molar-refractivity contribution is 7.19.